The van der Waals surface area contributed by atoms with Gasteiger partial charge in [0, 0.05) is 29.4 Å². The predicted octanol–water partition coefficient (Wildman–Crippen LogP) is 7.25. The molecular weight excluding hydrogens is 535 g/mol. The number of carbonyl (C=O) groups is 1. The number of pyridine rings is 1. The number of anilines is 1. The summed E-state index contributed by atoms with van der Waals surface area (Å²) in [6, 6.07) is 16.2. The van der Waals surface area contributed by atoms with Gasteiger partial charge in [-0.1, -0.05) is 25.0 Å². The topological polar surface area (TPSA) is 93.5 Å². The minimum Gasteiger partial charge on any atom is -0.493 e. The maximum absolute atomic E-state index is 15.1. The van der Waals surface area contributed by atoms with Crippen molar-refractivity contribution >= 4 is 22.5 Å². The summed E-state index contributed by atoms with van der Waals surface area (Å²) in [4.78, 5) is 16.8. The van der Waals surface area contributed by atoms with Gasteiger partial charge in [-0.05, 0) is 54.8 Å². The molecule has 210 valence electrons. The molecule has 10 heteroatoms. The number of aromatic nitrogens is 1. The fourth-order valence-electron chi connectivity index (χ4n) is 5.13. The molecule has 0 aliphatic heterocycles. The predicted molar refractivity (Wildman–Crippen MR) is 146 cm³/mol. The number of amides is 1. The Balaban J connectivity index is 1.34. The van der Waals surface area contributed by atoms with Crippen molar-refractivity contribution in [3.05, 3.63) is 83.8 Å². The van der Waals surface area contributed by atoms with Gasteiger partial charge in [0.05, 0.1) is 36.8 Å². The molecule has 1 aromatic heterocycles. The van der Waals surface area contributed by atoms with E-state index in [1.54, 1.807) is 30.3 Å². The molecule has 7 nitrogen and oxygen atoms in total. The molecule has 0 bridgehead atoms. The molecule has 4 aromatic rings. The zero-order valence-electron chi connectivity index (χ0n) is 22.3. The van der Waals surface area contributed by atoms with Crippen LogP contribution >= 0.6 is 0 Å². The number of hydrogen-bond donors (Lipinski definition) is 1. The van der Waals surface area contributed by atoms with E-state index in [4.69, 9.17) is 14.2 Å². The van der Waals surface area contributed by atoms with E-state index in [1.165, 1.54) is 32.5 Å². The van der Waals surface area contributed by atoms with Gasteiger partial charge < -0.3 is 19.5 Å². The first-order chi connectivity index (χ1) is 19.7. The molecule has 5 rings (SSSR count). The second-order valence-corrected chi connectivity index (χ2v) is 9.78. The Kier molecular flexibility index (Phi) is 7.45. The third kappa shape index (κ3) is 5.23. The Morgan fingerprint density at radius 2 is 1.66 bits per heavy atom. The van der Waals surface area contributed by atoms with Crippen molar-refractivity contribution in [1.29, 1.82) is 5.26 Å². The number of hydrogen-bond acceptors (Lipinski definition) is 6. The van der Waals surface area contributed by atoms with Gasteiger partial charge in [0.1, 0.15) is 17.3 Å². The number of fused-ring (bicyclic) bond motifs is 1. The Bertz CT molecular complexity index is 1650. The minimum absolute atomic E-state index is 0.0568. The molecule has 1 N–H and O–H groups in total. The fraction of sp³-hybridized carbons (Fsp3) is 0.258. The SMILES string of the molecule is COc1cc2nccc(Oc3ccc(C(F)(F)C(=O)Nc4ccc(C5(C#N)CCCC5)cc4)c(F)c3)c2cc1OC. The summed E-state index contributed by atoms with van der Waals surface area (Å²) in [5.74, 6) is -6.07. The number of rotatable bonds is 8. The van der Waals surface area contributed by atoms with Crippen molar-refractivity contribution < 1.29 is 32.2 Å². The molecular formula is C31H26F3N3O4. The van der Waals surface area contributed by atoms with E-state index in [2.05, 4.69) is 16.4 Å². The number of methoxy groups -OCH3 is 2. The third-order valence-corrected chi connectivity index (χ3v) is 7.37. The number of nitrogens with one attached hydrogen (secondary N) is 1. The molecule has 1 aliphatic rings. The molecule has 0 radical (unpaired) electrons. The maximum Gasteiger partial charge on any atom is 0.352 e. The van der Waals surface area contributed by atoms with E-state index < -0.39 is 28.6 Å². The molecule has 0 atom stereocenters. The van der Waals surface area contributed by atoms with E-state index in [1.807, 2.05) is 0 Å². The summed E-state index contributed by atoms with van der Waals surface area (Å²) in [5, 5.41) is 12.3. The smallest absolute Gasteiger partial charge is 0.352 e. The highest BCUT2D eigenvalue weighted by molar-refractivity contribution is 5.96. The van der Waals surface area contributed by atoms with E-state index >= 15 is 8.78 Å². The lowest BCUT2D eigenvalue weighted by Crippen LogP contribution is -2.33. The van der Waals surface area contributed by atoms with Crippen molar-refractivity contribution in [3.63, 3.8) is 0 Å². The summed E-state index contributed by atoms with van der Waals surface area (Å²) >= 11 is 0. The first-order valence-corrected chi connectivity index (χ1v) is 12.9. The Morgan fingerprint density at radius 3 is 2.29 bits per heavy atom. The molecule has 3 aromatic carbocycles. The average molecular weight is 562 g/mol. The fourth-order valence-corrected chi connectivity index (χ4v) is 5.13. The molecule has 1 heterocycles. The molecule has 0 spiro atoms. The molecule has 1 saturated carbocycles. The number of carbonyl (C=O) groups excluding carboxylic acids is 1. The van der Waals surface area contributed by atoms with Gasteiger partial charge in [-0.3, -0.25) is 9.78 Å². The van der Waals surface area contributed by atoms with E-state index in [0.717, 1.165) is 49.4 Å². The van der Waals surface area contributed by atoms with Crippen LogP contribution in [0, 0.1) is 17.1 Å². The first kappa shape index (κ1) is 27.8. The van der Waals surface area contributed by atoms with Crippen LogP contribution in [0.2, 0.25) is 0 Å². The van der Waals surface area contributed by atoms with Crippen LogP contribution in [-0.2, 0) is 16.1 Å². The monoisotopic (exact) mass is 561 g/mol. The van der Waals surface area contributed by atoms with Crippen LogP contribution in [0.3, 0.4) is 0 Å². The van der Waals surface area contributed by atoms with Crippen LogP contribution in [-0.4, -0.2) is 25.1 Å². The van der Waals surface area contributed by atoms with Crippen LogP contribution in [0.4, 0.5) is 18.9 Å². The highest BCUT2D eigenvalue weighted by atomic mass is 19.3. The van der Waals surface area contributed by atoms with Gasteiger partial charge in [-0.15, -0.1) is 0 Å². The van der Waals surface area contributed by atoms with Gasteiger partial charge >= 0.3 is 5.92 Å². The molecule has 41 heavy (non-hydrogen) atoms. The standard InChI is InChI=1S/C31H26F3N3O4/c1-39-27-16-22-25(17-28(27)40-2)36-14-11-26(22)41-21-9-10-23(24(32)15-21)31(33,34)29(38)37-20-7-5-19(6-8-20)30(18-35)12-3-4-13-30/h5-11,14-17H,3-4,12-13H2,1-2H3,(H,37,38). The summed E-state index contributed by atoms with van der Waals surface area (Å²) < 4.78 is 61.5. The minimum atomic E-state index is -4.17. The van der Waals surface area contributed by atoms with Crippen molar-refractivity contribution in [1.82, 2.24) is 4.98 Å². The lowest BCUT2D eigenvalue weighted by atomic mass is 9.80. The molecule has 1 fully saturated rings. The number of benzene rings is 3. The van der Waals surface area contributed by atoms with Crippen molar-refractivity contribution in [2.45, 2.75) is 37.0 Å². The number of nitriles is 1. The summed E-state index contributed by atoms with van der Waals surface area (Å²) in [5.41, 5.74) is -0.287. The van der Waals surface area contributed by atoms with Crippen molar-refractivity contribution in [2.75, 3.05) is 19.5 Å². The number of nitrogens with zero attached hydrogens (tertiary/aromatic N) is 2. The highest BCUT2D eigenvalue weighted by Gasteiger charge is 2.43. The summed E-state index contributed by atoms with van der Waals surface area (Å²) in [7, 11) is 2.96. The average Bonchev–Trinajstić information content (AvgIpc) is 3.47. The van der Waals surface area contributed by atoms with E-state index in [0.29, 0.717) is 22.4 Å². The van der Waals surface area contributed by atoms with Crippen molar-refractivity contribution in [3.8, 4) is 29.1 Å². The van der Waals surface area contributed by atoms with Gasteiger partial charge in [0.25, 0.3) is 5.91 Å². The highest BCUT2D eigenvalue weighted by Crippen LogP contribution is 2.41. The second-order valence-electron chi connectivity index (χ2n) is 9.78. The Labute approximate surface area is 234 Å². The first-order valence-electron chi connectivity index (χ1n) is 12.9. The summed E-state index contributed by atoms with van der Waals surface area (Å²) in [6.07, 6.45) is 4.82. The Morgan fingerprint density at radius 1 is 0.976 bits per heavy atom. The van der Waals surface area contributed by atoms with Crippen LogP contribution in [0.5, 0.6) is 23.0 Å². The van der Waals surface area contributed by atoms with Gasteiger partial charge in [0.2, 0.25) is 0 Å². The molecule has 0 unspecified atom stereocenters. The third-order valence-electron chi connectivity index (χ3n) is 7.37. The van der Waals surface area contributed by atoms with Crippen LogP contribution < -0.4 is 19.5 Å². The number of alkyl halides is 2. The maximum atomic E-state index is 15.1. The zero-order valence-corrected chi connectivity index (χ0v) is 22.3. The molecule has 1 amide bonds. The molecule has 0 saturated heterocycles. The number of ether oxygens (including phenoxy) is 3. The van der Waals surface area contributed by atoms with E-state index in [9.17, 15) is 14.4 Å². The normalized spacial score (nSPS) is 14.3. The number of halogens is 3. The van der Waals surface area contributed by atoms with Gasteiger partial charge in [-0.2, -0.15) is 14.0 Å². The van der Waals surface area contributed by atoms with E-state index in [-0.39, 0.29) is 17.2 Å². The summed E-state index contributed by atoms with van der Waals surface area (Å²) in [6.45, 7) is 0. The second kappa shape index (κ2) is 11.0. The lowest BCUT2D eigenvalue weighted by molar-refractivity contribution is -0.141. The van der Waals surface area contributed by atoms with Crippen LogP contribution in [0.1, 0.15) is 36.8 Å². The van der Waals surface area contributed by atoms with Crippen LogP contribution in [0.15, 0.2) is 66.9 Å². The lowest BCUT2D eigenvalue weighted by Gasteiger charge is -2.21. The van der Waals surface area contributed by atoms with Crippen LogP contribution in [0.25, 0.3) is 10.9 Å². The zero-order chi connectivity index (χ0) is 29.2. The van der Waals surface area contributed by atoms with Crippen molar-refractivity contribution in [2.24, 2.45) is 0 Å². The van der Waals surface area contributed by atoms with Gasteiger partial charge in [-0.25, -0.2) is 4.39 Å². The molecule has 1 aliphatic carbocycles. The largest absolute Gasteiger partial charge is 0.493 e. The van der Waals surface area contributed by atoms with Gasteiger partial charge in [0.15, 0.2) is 11.5 Å². The quantitative estimate of drug-likeness (QED) is 0.244. The Hall–Kier alpha value is -4.78.